The number of aromatic nitrogens is 1. The monoisotopic (exact) mass is 455 g/mol. The van der Waals surface area contributed by atoms with Gasteiger partial charge in [-0.1, -0.05) is 0 Å². The van der Waals surface area contributed by atoms with E-state index < -0.39 is 0 Å². The number of anilines is 1. The van der Waals surface area contributed by atoms with Gasteiger partial charge in [0.1, 0.15) is 5.69 Å². The standard InChI is InChI=1S/C24H29N3O6/c1-31-20-7-6-18(14-21(20)32-2)27-15-16(13-22(27)28)23(29)25-11-8-17(9-12-25)26-10-4-5-19(26)24(30)33-3/h4-7,10,14,16-17H,8-9,11-13,15H2,1-3H3. The summed E-state index contributed by atoms with van der Waals surface area (Å²) < 4.78 is 17.4. The van der Waals surface area contributed by atoms with E-state index in [2.05, 4.69) is 0 Å². The van der Waals surface area contributed by atoms with E-state index in [9.17, 15) is 14.4 Å². The van der Waals surface area contributed by atoms with Crippen LogP contribution in [-0.2, 0) is 14.3 Å². The molecule has 0 bridgehead atoms. The minimum atomic E-state index is -0.376. The molecule has 0 saturated carbocycles. The molecule has 9 heteroatoms. The highest BCUT2D eigenvalue weighted by atomic mass is 16.5. The zero-order valence-electron chi connectivity index (χ0n) is 19.2. The summed E-state index contributed by atoms with van der Waals surface area (Å²) >= 11 is 0. The highest BCUT2D eigenvalue weighted by Crippen LogP contribution is 2.35. The zero-order valence-corrected chi connectivity index (χ0v) is 19.2. The summed E-state index contributed by atoms with van der Waals surface area (Å²) in [5.74, 6) is 0.311. The van der Waals surface area contributed by atoms with Crippen LogP contribution < -0.4 is 14.4 Å². The number of amides is 2. The Morgan fingerprint density at radius 1 is 1.00 bits per heavy atom. The quantitative estimate of drug-likeness (QED) is 0.622. The van der Waals surface area contributed by atoms with Gasteiger partial charge in [-0.25, -0.2) is 4.79 Å². The second-order valence-corrected chi connectivity index (χ2v) is 8.29. The number of hydrogen-bond acceptors (Lipinski definition) is 6. The number of rotatable bonds is 6. The Labute approximate surface area is 192 Å². The van der Waals surface area contributed by atoms with Crippen molar-refractivity contribution in [1.82, 2.24) is 9.47 Å². The number of ether oxygens (including phenoxy) is 3. The molecule has 2 amide bonds. The Balaban J connectivity index is 1.39. The van der Waals surface area contributed by atoms with Crippen molar-refractivity contribution in [1.29, 1.82) is 0 Å². The van der Waals surface area contributed by atoms with Crippen molar-refractivity contribution in [3.8, 4) is 11.5 Å². The van der Waals surface area contributed by atoms with Crippen LogP contribution in [0.2, 0.25) is 0 Å². The third-order valence-corrected chi connectivity index (χ3v) is 6.50. The SMILES string of the molecule is COC(=O)c1cccn1C1CCN(C(=O)C2CC(=O)N(c3ccc(OC)c(OC)c3)C2)CC1. The maximum atomic E-state index is 13.2. The number of likely N-dealkylation sites (tertiary alicyclic amines) is 1. The van der Waals surface area contributed by atoms with Gasteiger partial charge in [0.25, 0.3) is 0 Å². The van der Waals surface area contributed by atoms with Gasteiger partial charge in [0, 0.05) is 50.0 Å². The third-order valence-electron chi connectivity index (χ3n) is 6.50. The maximum Gasteiger partial charge on any atom is 0.354 e. The minimum absolute atomic E-state index is 0.00507. The van der Waals surface area contributed by atoms with Gasteiger partial charge in [-0.2, -0.15) is 0 Å². The van der Waals surface area contributed by atoms with Gasteiger partial charge >= 0.3 is 5.97 Å². The van der Waals surface area contributed by atoms with Crippen LogP contribution in [0, 0.1) is 5.92 Å². The van der Waals surface area contributed by atoms with Crippen LogP contribution in [0.3, 0.4) is 0 Å². The predicted octanol–water partition coefficient (Wildman–Crippen LogP) is 2.51. The maximum absolute atomic E-state index is 13.2. The van der Waals surface area contributed by atoms with Gasteiger partial charge in [0.15, 0.2) is 11.5 Å². The molecular formula is C24H29N3O6. The molecule has 1 aromatic carbocycles. The molecule has 2 saturated heterocycles. The predicted molar refractivity (Wildman–Crippen MR) is 121 cm³/mol. The summed E-state index contributed by atoms with van der Waals surface area (Å²) in [6.45, 7) is 1.52. The lowest BCUT2D eigenvalue weighted by Gasteiger charge is -2.34. The molecule has 3 heterocycles. The van der Waals surface area contributed by atoms with Crippen LogP contribution >= 0.6 is 0 Å². The van der Waals surface area contributed by atoms with Gasteiger partial charge in [-0.05, 0) is 37.1 Å². The molecular weight excluding hydrogens is 426 g/mol. The molecule has 1 aromatic heterocycles. The molecule has 0 N–H and O–H groups in total. The van der Waals surface area contributed by atoms with Crippen LogP contribution in [0.15, 0.2) is 36.5 Å². The number of esters is 1. The molecule has 1 unspecified atom stereocenters. The fourth-order valence-electron chi connectivity index (χ4n) is 4.73. The first kappa shape index (κ1) is 22.7. The third kappa shape index (κ3) is 4.40. The van der Waals surface area contributed by atoms with Crippen molar-refractivity contribution in [3.05, 3.63) is 42.2 Å². The summed E-state index contributed by atoms with van der Waals surface area (Å²) in [5.41, 5.74) is 1.21. The van der Waals surface area contributed by atoms with E-state index in [0.29, 0.717) is 42.5 Å². The van der Waals surface area contributed by atoms with Crippen molar-refractivity contribution in [2.24, 2.45) is 5.92 Å². The first-order valence-corrected chi connectivity index (χ1v) is 11.0. The Morgan fingerprint density at radius 2 is 1.73 bits per heavy atom. The summed E-state index contributed by atoms with van der Waals surface area (Å²) in [5, 5.41) is 0. The van der Waals surface area contributed by atoms with E-state index in [0.717, 1.165) is 12.8 Å². The van der Waals surface area contributed by atoms with Gasteiger partial charge < -0.3 is 28.6 Å². The van der Waals surface area contributed by atoms with E-state index in [1.54, 1.807) is 43.4 Å². The zero-order chi connectivity index (χ0) is 23.5. The smallest absolute Gasteiger partial charge is 0.354 e. The van der Waals surface area contributed by atoms with Crippen LogP contribution in [0.25, 0.3) is 0 Å². The number of benzene rings is 1. The number of piperidine rings is 1. The molecule has 1 atom stereocenters. The fourth-order valence-corrected chi connectivity index (χ4v) is 4.73. The first-order chi connectivity index (χ1) is 16.0. The molecule has 176 valence electrons. The number of nitrogens with zero attached hydrogens (tertiary/aromatic N) is 3. The van der Waals surface area contributed by atoms with Crippen LogP contribution in [0.5, 0.6) is 11.5 Å². The average Bonchev–Trinajstić information content (AvgIpc) is 3.50. The Kier molecular flexibility index (Phi) is 6.57. The normalized spacial score (nSPS) is 19.0. The molecule has 2 aliphatic rings. The number of carbonyl (C=O) groups is 3. The largest absolute Gasteiger partial charge is 0.493 e. The molecule has 0 aliphatic carbocycles. The van der Waals surface area contributed by atoms with Crippen molar-refractivity contribution in [2.45, 2.75) is 25.3 Å². The molecule has 4 rings (SSSR count). The van der Waals surface area contributed by atoms with E-state index in [1.165, 1.54) is 7.11 Å². The summed E-state index contributed by atoms with van der Waals surface area (Å²) in [7, 11) is 4.48. The van der Waals surface area contributed by atoms with Crippen LogP contribution in [0.1, 0.15) is 35.8 Å². The van der Waals surface area contributed by atoms with Crippen LogP contribution in [-0.4, -0.2) is 68.2 Å². The van der Waals surface area contributed by atoms with Crippen molar-refractivity contribution in [2.75, 3.05) is 45.9 Å². The first-order valence-electron chi connectivity index (χ1n) is 11.0. The molecule has 2 aromatic rings. The molecule has 2 fully saturated rings. The topological polar surface area (TPSA) is 90.3 Å². The Hall–Kier alpha value is -3.49. The number of methoxy groups -OCH3 is 3. The molecule has 33 heavy (non-hydrogen) atoms. The lowest BCUT2D eigenvalue weighted by molar-refractivity contribution is -0.137. The minimum Gasteiger partial charge on any atom is -0.493 e. The van der Waals surface area contributed by atoms with Crippen molar-refractivity contribution >= 4 is 23.5 Å². The van der Waals surface area contributed by atoms with Gasteiger partial charge in [0.2, 0.25) is 11.8 Å². The van der Waals surface area contributed by atoms with Gasteiger partial charge in [-0.3, -0.25) is 9.59 Å². The highest BCUT2D eigenvalue weighted by Gasteiger charge is 2.38. The summed E-state index contributed by atoms with van der Waals surface area (Å²) in [4.78, 5) is 41.3. The van der Waals surface area contributed by atoms with E-state index in [-0.39, 0.29) is 36.2 Å². The van der Waals surface area contributed by atoms with Crippen molar-refractivity contribution in [3.63, 3.8) is 0 Å². The Bertz CT molecular complexity index is 1040. The Morgan fingerprint density at radius 3 is 2.39 bits per heavy atom. The average molecular weight is 456 g/mol. The van der Waals surface area contributed by atoms with Crippen LogP contribution in [0.4, 0.5) is 5.69 Å². The fraction of sp³-hybridized carbons (Fsp3) is 0.458. The molecule has 9 nitrogen and oxygen atoms in total. The van der Waals surface area contributed by atoms with Gasteiger partial charge in [0.05, 0.1) is 27.2 Å². The number of carbonyl (C=O) groups excluding carboxylic acids is 3. The van der Waals surface area contributed by atoms with E-state index >= 15 is 0 Å². The molecule has 2 aliphatic heterocycles. The van der Waals surface area contributed by atoms with E-state index in [1.807, 2.05) is 21.7 Å². The summed E-state index contributed by atoms with van der Waals surface area (Å²) in [6, 6.07) is 9.02. The second kappa shape index (κ2) is 9.56. The van der Waals surface area contributed by atoms with Crippen molar-refractivity contribution < 1.29 is 28.6 Å². The molecule has 0 spiro atoms. The highest BCUT2D eigenvalue weighted by molar-refractivity contribution is 6.00. The van der Waals surface area contributed by atoms with Gasteiger partial charge in [-0.15, -0.1) is 0 Å². The lowest BCUT2D eigenvalue weighted by atomic mass is 10.0. The van der Waals surface area contributed by atoms with E-state index in [4.69, 9.17) is 14.2 Å². The second-order valence-electron chi connectivity index (χ2n) is 8.29. The lowest BCUT2D eigenvalue weighted by Crippen LogP contribution is -2.43. The molecule has 0 radical (unpaired) electrons. The summed E-state index contributed by atoms with van der Waals surface area (Å²) in [6.07, 6.45) is 3.55. The number of hydrogen-bond donors (Lipinski definition) is 0.